The maximum Gasteiger partial charge on any atom is 0.309 e. The summed E-state index contributed by atoms with van der Waals surface area (Å²) in [5.41, 5.74) is 1.80. The highest BCUT2D eigenvalue weighted by Gasteiger charge is 2.26. The first kappa shape index (κ1) is 18.9. The van der Waals surface area contributed by atoms with E-state index < -0.39 is 11.4 Å². The topological polar surface area (TPSA) is 88.4 Å². The molecule has 2 rings (SSSR count). The molecule has 0 aliphatic rings. The number of benzene rings is 1. The predicted octanol–water partition coefficient (Wildman–Crippen LogP) is 2.50. The van der Waals surface area contributed by atoms with Crippen LogP contribution in [0.4, 0.5) is 0 Å². The highest BCUT2D eigenvalue weighted by molar-refractivity contribution is 7.07. The quantitative estimate of drug-likeness (QED) is 0.792. The van der Waals surface area contributed by atoms with Gasteiger partial charge >= 0.3 is 10.8 Å². The van der Waals surface area contributed by atoms with Crippen molar-refractivity contribution in [3.05, 3.63) is 44.9 Å². The van der Waals surface area contributed by atoms with Gasteiger partial charge in [-0.1, -0.05) is 41.2 Å². The molecular formula is C18H22N2O4S. The van der Waals surface area contributed by atoms with Crippen LogP contribution in [0, 0.1) is 12.3 Å². The van der Waals surface area contributed by atoms with Gasteiger partial charge in [0.25, 0.3) is 0 Å². The average molecular weight is 362 g/mol. The molecule has 0 radical (unpaired) electrons. The van der Waals surface area contributed by atoms with E-state index in [2.05, 4.69) is 5.32 Å². The van der Waals surface area contributed by atoms with Crippen LogP contribution in [-0.4, -0.2) is 28.1 Å². The number of carboxylic acid groups (broad SMARTS) is 1. The van der Waals surface area contributed by atoms with Crippen molar-refractivity contribution in [1.82, 2.24) is 9.88 Å². The number of aryl methyl sites for hydroxylation is 1. The number of hydrogen-bond acceptors (Lipinski definition) is 4. The Bertz CT molecular complexity index is 818. The van der Waals surface area contributed by atoms with Gasteiger partial charge in [0.2, 0.25) is 5.91 Å². The monoisotopic (exact) mass is 362 g/mol. The van der Waals surface area contributed by atoms with E-state index in [1.807, 2.05) is 31.2 Å². The highest BCUT2D eigenvalue weighted by atomic mass is 32.1. The van der Waals surface area contributed by atoms with Crippen LogP contribution in [0.5, 0.6) is 0 Å². The van der Waals surface area contributed by atoms with Crippen molar-refractivity contribution in [3.63, 3.8) is 0 Å². The van der Waals surface area contributed by atoms with Crippen LogP contribution in [-0.2, 0) is 16.1 Å². The summed E-state index contributed by atoms with van der Waals surface area (Å²) in [6.07, 6.45) is 0.317. The van der Waals surface area contributed by atoms with Crippen molar-refractivity contribution in [2.24, 2.45) is 5.41 Å². The minimum Gasteiger partial charge on any atom is -0.481 e. The van der Waals surface area contributed by atoms with E-state index in [-0.39, 0.29) is 23.9 Å². The predicted molar refractivity (Wildman–Crippen MR) is 97.8 cm³/mol. The van der Waals surface area contributed by atoms with E-state index >= 15 is 0 Å². The third-order valence-corrected chi connectivity index (χ3v) is 4.85. The molecule has 1 aromatic carbocycles. The first-order valence-corrected chi connectivity index (χ1v) is 8.84. The Kier molecular flexibility index (Phi) is 5.79. The summed E-state index contributed by atoms with van der Waals surface area (Å²) in [4.78, 5) is 35.1. The van der Waals surface area contributed by atoms with Crippen molar-refractivity contribution < 1.29 is 14.7 Å². The standard InChI is InChI=1S/C18H22N2O4S/c1-12-4-6-13(7-5-12)14-11-25-17(24)20(14)10-15(21)19-9-8-18(2,3)16(22)23/h4-7,11H,8-10H2,1-3H3,(H,19,21)(H,22,23). The Hall–Kier alpha value is -2.41. The van der Waals surface area contributed by atoms with Gasteiger partial charge in [-0.3, -0.25) is 19.0 Å². The molecule has 1 heterocycles. The molecule has 0 unspecified atom stereocenters. The molecule has 134 valence electrons. The largest absolute Gasteiger partial charge is 0.481 e. The zero-order chi connectivity index (χ0) is 18.6. The second-order valence-corrected chi connectivity index (χ2v) is 7.45. The minimum atomic E-state index is -0.905. The number of hydrogen-bond donors (Lipinski definition) is 2. The summed E-state index contributed by atoms with van der Waals surface area (Å²) >= 11 is 1.05. The van der Waals surface area contributed by atoms with Crippen LogP contribution < -0.4 is 10.2 Å². The molecule has 0 fully saturated rings. The lowest BCUT2D eigenvalue weighted by Crippen LogP contribution is -2.35. The highest BCUT2D eigenvalue weighted by Crippen LogP contribution is 2.21. The van der Waals surface area contributed by atoms with E-state index in [1.165, 1.54) is 4.57 Å². The van der Waals surface area contributed by atoms with Gasteiger partial charge < -0.3 is 10.4 Å². The van der Waals surface area contributed by atoms with Crippen LogP contribution in [0.3, 0.4) is 0 Å². The number of thiazole rings is 1. The number of carbonyl (C=O) groups excluding carboxylic acids is 1. The molecule has 0 saturated carbocycles. The van der Waals surface area contributed by atoms with Crippen LogP contribution in [0.15, 0.2) is 34.4 Å². The molecule has 25 heavy (non-hydrogen) atoms. The lowest BCUT2D eigenvalue weighted by molar-refractivity contribution is -0.147. The SMILES string of the molecule is Cc1ccc(-c2csc(=O)n2CC(=O)NCCC(C)(C)C(=O)O)cc1. The molecule has 0 aliphatic carbocycles. The maximum atomic E-state index is 12.1. The number of nitrogens with one attached hydrogen (secondary N) is 1. The zero-order valence-corrected chi connectivity index (χ0v) is 15.4. The van der Waals surface area contributed by atoms with Gasteiger partial charge in [0.15, 0.2) is 0 Å². The molecule has 2 aromatic rings. The molecule has 7 heteroatoms. The Morgan fingerprint density at radius 1 is 1.24 bits per heavy atom. The number of carbonyl (C=O) groups is 2. The number of carboxylic acids is 1. The summed E-state index contributed by atoms with van der Waals surface area (Å²) in [7, 11) is 0. The minimum absolute atomic E-state index is 0.0843. The van der Waals surface area contributed by atoms with Crippen molar-refractivity contribution in [2.75, 3.05) is 6.54 Å². The molecule has 2 N–H and O–H groups in total. The smallest absolute Gasteiger partial charge is 0.309 e. The second kappa shape index (κ2) is 7.65. The fourth-order valence-corrected chi connectivity index (χ4v) is 3.02. The van der Waals surface area contributed by atoms with Gasteiger partial charge in [0.1, 0.15) is 6.54 Å². The van der Waals surface area contributed by atoms with E-state index in [9.17, 15) is 14.4 Å². The van der Waals surface area contributed by atoms with Gasteiger partial charge in [0, 0.05) is 11.9 Å². The summed E-state index contributed by atoms with van der Waals surface area (Å²) in [6, 6.07) is 7.74. The fourth-order valence-electron chi connectivity index (χ4n) is 2.25. The molecule has 1 aromatic heterocycles. The Morgan fingerprint density at radius 3 is 2.48 bits per heavy atom. The molecule has 0 atom stereocenters. The van der Waals surface area contributed by atoms with Gasteiger partial charge in [-0.05, 0) is 32.8 Å². The van der Waals surface area contributed by atoms with Gasteiger partial charge in [0.05, 0.1) is 11.1 Å². The van der Waals surface area contributed by atoms with E-state index in [1.54, 1.807) is 19.2 Å². The second-order valence-electron chi connectivity index (χ2n) is 6.63. The maximum absolute atomic E-state index is 12.1. The Labute approximate surface area is 150 Å². The van der Waals surface area contributed by atoms with Gasteiger partial charge in [-0.2, -0.15) is 0 Å². The van der Waals surface area contributed by atoms with Crippen molar-refractivity contribution >= 4 is 23.2 Å². The molecule has 6 nitrogen and oxygen atoms in total. The van der Waals surface area contributed by atoms with Crippen LogP contribution >= 0.6 is 11.3 Å². The first-order valence-electron chi connectivity index (χ1n) is 7.96. The molecule has 0 bridgehead atoms. The molecule has 1 amide bonds. The third kappa shape index (κ3) is 4.79. The van der Waals surface area contributed by atoms with Crippen LogP contribution in [0.25, 0.3) is 11.3 Å². The van der Waals surface area contributed by atoms with Crippen LogP contribution in [0.1, 0.15) is 25.8 Å². The number of amides is 1. The lowest BCUT2D eigenvalue weighted by Gasteiger charge is -2.19. The van der Waals surface area contributed by atoms with Crippen molar-refractivity contribution in [2.45, 2.75) is 33.7 Å². The Morgan fingerprint density at radius 2 is 1.88 bits per heavy atom. The number of aromatic nitrogens is 1. The lowest BCUT2D eigenvalue weighted by atomic mass is 9.90. The summed E-state index contributed by atoms with van der Waals surface area (Å²) < 4.78 is 1.44. The molecule has 0 spiro atoms. The van der Waals surface area contributed by atoms with Gasteiger partial charge in [-0.15, -0.1) is 0 Å². The molecule has 0 saturated heterocycles. The number of aliphatic carboxylic acids is 1. The zero-order valence-electron chi connectivity index (χ0n) is 14.5. The Balaban J connectivity index is 2.04. The van der Waals surface area contributed by atoms with Gasteiger partial charge in [-0.25, -0.2) is 0 Å². The fraction of sp³-hybridized carbons (Fsp3) is 0.389. The normalized spacial score (nSPS) is 11.3. The third-order valence-electron chi connectivity index (χ3n) is 4.08. The number of rotatable bonds is 7. The molecular weight excluding hydrogens is 340 g/mol. The van der Waals surface area contributed by atoms with Crippen LogP contribution in [0.2, 0.25) is 0 Å². The summed E-state index contributed by atoms with van der Waals surface area (Å²) in [6.45, 7) is 5.37. The molecule has 0 aliphatic heterocycles. The first-order chi connectivity index (χ1) is 11.7. The van der Waals surface area contributed by atoms with Crippen molar-refractivity contribution in [3.8, 4) is 11.3 Å². The van der Waals surface area contributed by atoms with Crippen molar-refractivity contribution in [1.29, 1.82) is 0 Å². The summed E-state index contributed by atoms with van der Waals surface area (Å²) in [5.74, 6) is -1.22. The number of nitrogens with zero attached hydrogens (tertiary/aromatic N) is 1. The average Bonchev–Trinajstić information content (AvgIpc) is 2.89. The van der Waals surface area contributed by atoms with E-state index in [0.29, 0.717) is 12.1 Å². The van der Waals surface area contributed by atoms with E-state index in [4.69, 9.17) is 5.11 Å². The summed E-state index contributed by atoms with van der Waals surface area (Å²) in [5, 5.41) is 13.5. The van der Waals surface area contributed by atoms with E-state index in [0.717, 1.165) is 22.5 Å².